The van der Waals surface area contributed by atoms with Crippen molar-refractivity contribution in [1.29, 1.82) is 0 Å². The minimum Gasteiger partial charge on any atom is -0.370 e. The maximum Gasteiger partial charge on any atom is 0.135 e. The van der Waals surface area contributed by atoms with Gasteiger partial charge >= 0.3 is 0 Å². The number of anilines is 2. The largest absolute Gasteiger partial charge is 0.370 e. The van der Waals surface area contributed by atoms with Crippen LogP contribution in [-0.4, -0.2) is 47.1 Å². The highest BCUT2D eigenvalue weighted by Gasteiger charge is 2.12. The maximum atomic E-state index is 4.53. The zero-order valence-corrected chi connectivity index (χ0v) is 13.7. The molecule has 0 radical (unpaired) electrons. The molecule has 0 bridgehead atoms. The van der Waals surface area contributed by atoms with Crippen LogP contribution in [0.5, 0.6) is 0 Å². The number of aryl methyl sites for hydroxylation is 1. The SMILES string of the molecule is CCNc1nc(C)nc(NC(C)CN(CC)CC)c1C. The highest BCUT2D eigenvalue weighted by atomic mass is 15.2. The van der Waals surface area contributed by atoms with Crippen molar-refractivity contribution in [1.82, 2.24) is 14.9 Å². The van der Waals surface area contributed by atoms with Gasteiger partial charge in [-0.25, -0.2) is 9.97 Å². The molecule has 0 saturated heterocycles. The molecule has 2 N–H and O–H groups in total. The molecule has 0 amide bonds. The molecule has 0 aliphatic heterocycles. The average Bonchev–Trinajstić information content (AvgIpc) is 2.41. The summed E-state index contributed by atoms with van der Waals surface area (Å²) in [4.78, 5) is 11.4. The molecule has 1 atom stereocenters. The topological polar surface area (TPSA) is 53.1 Å². The highest BCUT2D eigenvalue weighted by Crippen LogP contribution is 2.20. The molecule has 20 heavy (non-hydrogen) atoms. The van der Waals surface area contributed by atoms with Gasteiger partial charge in [0.1, 0.15) is 17.5 Å². The Morgan fingerprint density at radius 1 is 1.05 bits per heavy atom. The molecule has 0 fully saturated rings. The number of aromatic nitrogens is 2. The fraction of sp³-hybridized carbons (Fsp3) is 0.733. The van der Waals surface area contributed by atoms with Crippen LogP contribution in [0.25, 0.3) is 0 Å². The predicted octanol–water partition coefficient (Wildman–Crippen LogP) is 2.67. The molecule has 0 saturated carbocycles. The summed E-state index contributed by atoms with van der Waals surface area (Å²) in [6.45, 7) is 16.7. The van der Waals surface area contributed by atoms with Crippen molar-refractivity contribution >= 4 is 11.6 Å². The van der Waals surface area contributed by atoms with E-state index in [-0.39, 0.29) is 0 Å². The third-order valence-electron chi connectivity index (χ3n) is 3.41. The smallest absolute Gasteiger partial charge is 0.135 e. The quantitative estimate of drug-likeness (QED) is 0.766. The first-order valence-corrected chi connectivity index (χ1v) is 7.59. The van der Waals surface area contributed by atoms with Crippen LogP contribution in [0.4, 0.5) is 11.6 Å². The summed E-state index contributed by atoms with van der Waals surface area (Å²) in [6, 6.07) is 0.359. The van der Waals surface area contributed by atoms with E-state index in [2.05, 4.69) is 60.1 Å². The molecule has 1 aromatic rings. The van der Waals surface area contributed by atoms with Gasteiger partial charge in [-0.15, -0.1) is 0 Å². The summed E-state index contributed by atoms with van der Waals surface area (Å²) in [5.41, 5.74) is 1.09. The van der Waals surface area contributed by atoms with E-state index < -0.39 is 0 Å². The van der Waals surface area contributed by atoms with Crippen LogP contribution in [0, 0.1) is 13.8 Å². The van der Waals surface area contributed by atoms with Crippen LogP contribution >= 0.6 is 0 Å². The van der Waals surface area contributed by atoms with Crippen LogP contribution in [0.15, 0.2) is 0 Å². The molecule has 5 nitrogen and oxygen atoms in total. The predicted molar refractivity (Wildman–Crippen MR) is 86.5 cm³/mol. The maximum absolute atomic E-state index is 4.53. The summed E-state index contributed by atoms with van der Waals surface area (Å²) in [7, 11) is 0. The van der Waals surface area contributed by atoms with Crippen molar-refractivity contribution in [2.45, 2.75) is 47.6 Å². The standard InChI is InChI=1S/C15H29N5/c1-7-16-14-12(5)15(19-13(6)18-14)17-11(4)10-20(8-2)9-3/h11H,7-10H2,1-6H3,(H2,16,17,18,19). The van der Waals surface area contributed by atoms with Gasteiger partial charge in [-0.05, 0) is 40.8 Å². The van der Waals surface area contributed by atoms with Crippen molar-refractivity contribution < 1.29 is 0 Å². The molecule has 0 spiro atoms. The molecular weight excluding hydrogens is 250 g/mol. The molecule has 1 aromatic heterocycles. The Morgan fingerprint density at radius 3 is 2.20 bits per heavy atom. The monoisotopic (exact) mass is 279 g/mol. The lowest BCUT2D eigenvalue weighted by Gasteiger charge is -2.24. The Balaban J connectivity index is 2.80. The van der Waals surface area contributed by atoms with Crippen LogP contribution < -0.4 is 10.6 Å². The lowest BCUT2D eigenvalue weighted by molar-refractivity contribution is 0.294. The summed E-state index contributed by atoms with van der Waals surface area (Å²) >= 11 is 0. The van der Waals surface area contributed by atoms with Gasteiger partial charge in [0.25, 0.3) is 0 Å². The van der Waals surface area contributed by atoms with Gasteiger partial charge in [-0.1, -0.05) is 13.8 Å². The van der Waals surface area contributed by atoms with Gasteiger partial charge in [-0.3, -0.25) is 0 Å². The van der Waals surface area contributed by atoms with Crippen molar-refractivity contribution in [2.75, 3.05) is 36.8 Å². The zero-order chi connectivity index (χ0) is 15.1. The second kappa shape index (κ2) is 8.04. The zero-order valence-electron chi connectivity index (χ0n) is 13.7. The van der Waals surface area contributed by atoms with E-state index >= 15 is 0 Å². The number of likely N-dealkylation sites (N-methyl/N-ethyl adjacent to an activating group) is 1. The molecule has 114 valence electrons. The van der Waals surface area contributed by atoms with Gasteiger partial charge in [0.2, 0.25) is 0 Å². The fourth-order valence-corrected chi connectivity index (χ4v) is 2.26. The Morgan fingerprint density at radius 2 is 1.65 bits per heavy atom. The molecule has 5 heteroatoms. The molecule has 0 aliphatic rings. The molecule has 1 rings (SSSR count). The van der Waals surface area contributed by atoms with Crippen LogP contribution in [0.1, 0.15) is 39.1 Å². The third kappa shape index (κ3) is 4.63. The molecule has 1 heterocycles. The molecule has 0 aromatic carbocycles. The van der Waals surface area contributed by atoms with E-state index in [9.17, 15) is 0 Å². The number of hydrogen-bond donors (Lipinski definition) is 2. The second-order valence-electron chi connectivity index (χ2n) is 5.15. The van der Waals surface area contributed by atoms with Crippen LogP contribution in [0.3, 0.4) is 0 Å². The lowest BCUT2D eigenvalue weighted by atomic mass is 10.2. The van der Waals surface area contributed by atoms with Gasteiger partial charge in [0, 0.05) is 24.7 Å². The van der Waals surface area contributed by atoms with Crippen molar-refractivity contribution in [3.05, 3.63) is 11.4 Å². The first-order chi connectivity index (χ1) is 9.51. The van der Waals surface area contributed by atoms with E-state index in [0.29, 0.717) is 6.04 Å². The molecule has 1 unspecified atom stereocenters. The third-order valence-corrected chi connectivity index (χ3v) is 3.41. The second-order valence-corrected chi connectivity index (χ2v) is 5.15. The van der Waals surface area contributed by atoms with Crippen molar-refractivity contribution in [3.8, 4) is 0 Å². The first kappa shape index (κ1) is 16.7. The van der Waals surface area contributed by atoms with E-state index in [4.69, 9.17) is 0 Å². The number of hydrogen-bond acceptors (Lipinski definition) is 5. The highest BCUT2D eigenvalue weighted by molar-refractivity contribution is 5.57. The summed E-state index contributed by atoms with van der Waals surface area (Å²) < 4.78 is 0. The minimum absolute atomic E-state index is 0.359. The number of nitrogens with zero attached hydrogens (tertiary/aromatic N) is 3. The van der Waals surface area contributed by atoms with E-state index in [1.807, 2.05) is 6.92 Å². The lowest BCUT2D eigenvalue weighted by Crippen LogP contribution is -2.35. The van der Waals surface area contributed by atoms with Gasteiger partial charge in [0.05, 0.1) is 0 Å². The molecule has 0 aliphatic carbocycles. The van der Waals surface area contributed by atoms with Crippen LogP contribution in [-0.2, 0) is 0 Å². The normalized spacial score (nSPS) is 12.6. The molecular formula is C15H29N5. The van der Waals surface area contributed by atoms with E-state index in [0.717, 1.165) is 49.2 Å². The number of rotatable bonds is 8. The Kier molecular flexibility index (Phi) is 6.71. The van der Waals surface area contributed by atoms with Crippen molar-refractivity contribution in [2.24, 2.45) is 0 Å². The minimum atomic E-state index is 0.359. The summed E-state index contributed by atoms with van der Waals surface area (Å²) in [5.74, 6) is 2.66. The van der Waals surface area contributed by atoms with Crippen molar-refractivity contribution in [3.63, 3.8) is 0 Å². The van der Waals surface area contributed by atoms with Gasteiger partial charge in [0.15, 0.2) is 0 Å². The Bertz CT molecular complexity index is 415. The summed E-state index contributed by atoms with van der Waals surface area (Å²) in [6.07, 6.45) is 0. The summed E-state index contributed by atoms with van der Waals surface area (Å²) in [5, 5.41) is 6.81. The average molecular weight is 279 g/mol. The van der Waals surface area contributed by atoms with E-state index in [1.165, 1.54) is 0 Å². The van der Waals surface area contributed by atoms with Gasteiger partial charge < -0.3 is 15.5 Å². The van der Waals surface area contributed by atoms with E-state index in [1.54, 1.807) is 0 Å². The van der Waals surface area contributed by atoms with Gasteiger partial charge in [-0.2, -0.15) is 0 Å². The Hall–Kier alpha value is -1.36. The first-order valence-electron chi connectivity index (χ1n) is 7.59. The Labute approximate surface area is 123 Å². The van der Waals surface area contributed by atoms with Crippen LogP contribution in [0.2, 0.25) is 0 Å². The number of nitrogens with one attached hydrogen (secondary N) is 2. The fourth-order valence-electron chi connectivity index (χ4n) is 2.26.